The highest BCUT2D eigenvalue weighted by Gasteiger charge is 2.18. The lowest BCUT2D eigenvalue weighted by atomic mass is 10.1. The maximum Gasteiger partial charge on any atom is 0.255 e. The van der Waals surface area contributed by atoms with Crippen molar-refractivity contribution in [2.75, 3.05) is 23.3 Å². The number of carbonyl (C=O) groups excluding carboxylic acids is 1. The standard InChI is InChI=1S/C30H26N8O/c39-30(19-7-3-1-4-8-19)34-21-13-20(16-31-17-21)24-14-22-26(18-33-24)36-37-28(22)25-15-23-27(9-10-32-29(23)35-25)38-11-5-2-6-12-38/h1,3-4,7-10,13-18H,2,5-6,11-12H2,(H,32,35)(H,34,39)(H,36,37). The van der Waals surface area contributed by atoms with Gasteiger partial charge in [0.05, 0.1) is 35.0 Å². The zero-order valence-corrected chi connectivity index (χ0v) is 21.2. The van der Waals surface area contributed by atoms with E-state index >= 15 is 0 Å². The van der Waals surface area contributed by atoms with Crippen LogP contribution in [0.5, 0.6) is 0 Å². The number of aromatic amines is 2. The van der Waals surface area contributed by atoms with Crippen LogP contribution in [-0.2, 0) is 0 Å². The van der Waals surface area contributed by atoms with Crippen LogP contribution >= 0.6 is 0 Å². The van der Waals surface area contributed by atoms with E-state index in [1.165, 1.54) is 24.9 Å². The minimum atomic E-state index is -0.188. The average molecular weight is 515 g/mol. The van der Waals surface area contributed by atoms with Gasteiger partial charge in [-0.1, -0.05) is 18.2 Å². The number of pyridine rings is 3. The molecule has 7 rings (SSSR count). The Morgan fingerprint density at radius 1 is 0.897 bits per heavy atom. The van der Waals surface area contributed by atoms with Crippen LogP contribution in [0.3, 0.4) is 0 Å². The molecule has 0 radical (unpaired) electrons. The Morgan fingerprint density at radius 2 is 1.77 bits per heavy atom. The topological polar surface area (TPSA) is 115 Å². The highest BCUT2D eigenvalue weighted by molar-refractivity contribution is 6.04. The predicted molar refractivity (Wildman–Crippen MR) is 153 cm³/mol. The number of benzene rings is 1. The van der Waals surface area contributed by atoms with Gasteiger partial charge in [-0.05, 0) is 55.7 Å². The van der Waals surface area contributed by atoms with Gasteiger partial charge < -0.3 is 15.2 Å². The quantitative estimate of drug-likeness (QED) is 0.268. The molecule has 5 aromatic heterocycles. The Balaban J connectivity index is 1.22. The van der Waals surface area contributed by atoms with Crippen LogP contribution in [0.2, 0.25) is 0 Å². The van der Waals surface area contributed by atoms with E-state index in [0.29, 0.717) is 11.3 Å². The fraction of sp³-hybridized carbons (Fsp3) is 0.167. The Kier molecular flexibility index (Phi) is 5.73. The number of fused-ring (bicyclic) bond motifs is 2. The molecular weight excluding hydrogens is 488 g/mol. The van der Waals surface area contributed by atoms with Gasteiger partial charge in [-0.25, -0.2) is 4.98 Å². The lowest BCUT2D eigenvalue weighted by Gasteiger charge is -2.29. The largest absolute Gasteiger partial charge is 0.371 e. The van der Waals surface area contributed by atoms with Crippen molar-refractivity contribution in [3.05, 3.63) is 84.9 Å². The average Bonchev–Trinajstić information content (AvgIpc) is 3.62. The van der Waals surface area contributed by atoms with Gasteiger partial charge in [-0.2, -0.15) is 5.10 Å². The van der Waals surface area contributed by atoms with Crippen molar-refractivity contribution in [2.45, 2.75) is 19.3 Å². The van der Waals surface area contributed by atoms with Crippen LogP contribution in [0.25, 0.3) is 44.6 Å². The first-order valence-corrected chi connectivity index (χ1v) is 13.1. The van der Waals surface area contributed by atoms with E-state index in [0.717, 1.165) is 57.7 Å². The summed E-state index contributed by atoms with van der Waals surface area (Å²) in [6.07, 6.45) is 10.7. The summed E-state index contributed by atoms with van der Waals surface area (Å²) in [6, 6.07) is 17.2. The van der Waals surface area contributed by atoms with Crippen LogP contribution in [0, 0.1) is 0 Å². The van der Waals surface area contributed by atoms with Crippen LogP contribution in [0.1, 0.15) is 29.6 Å². The van der Waals surface area contributed by atoms with Gasteiger partial charge in [-0.15, -0.1) is 0 Å². The molecule has 0 spiro atoms. The number of carbonyl (C=O) groups is 1. The fourth-order valence-corrected chi connectivity index (χ4v) is 5.27. The second kappa shape index (κ2) is 9.68. The molecule has 9 nitrogen and oxygen atoms in total. The summed E-state index contributed by atoms with van der Waals surface area (Å²) in [5, 5.41) is 12.7. The summed E-state index contributed by atoms with van der Waals surface area (Å²) in [7, 11) is 0. The van der Waals surface area contributed by atoms with Crippen molar-refractivity contribution in [3.8, 4) is 22.6 Å². The Hall–Kier alpha value is -5.05. The molecule has 1 aromatic carbocycles. The fourth-order valence-electron chi connectivity index (χ4n) is 5.27. The predicted octanol–water partition coefficient (Wildman–Crippen LogP) is 5.81. The van der Waals surface area contributed by atoms with Gasteiger partial charge in [0.2, 0.25) is 0 Å². The molecule has 1 aliphatic heterocycles. The second-order valence-corrected chi connectivity index (χ2v) is 9.79. The number of amides is 1. The summed E-state index contributed by atoms with van der Waals surface area (Å²) in [6.45, 7) is 2.14. The third-order valence-electron chi connectivity index (χ3n) is 7.24. The highest BCUT2D eigenvalue weighted by atomic mass is 16.1. The van der Waals surface area contributed by atoms with Crippen molar-refractivity contribution in [2.24, 2.45) is 0 Å². The number of nitrogens with zero attached hydrogens (tertiary/aromatic N) is 5. The summed E-state index contributed by atoms with van der Waals surface area (Å²) in [4.78, 5) is 32.1. The van der Waals surface area contributed by atoms with Gasteiger partial charge in [-0.3, -0.25) is 19.9 Å². The second-order valence-electron chi connectivity index (χ2n) is 9.79. The van der Waals surface area contributed by atoms with Gasteiger partial charge in [0.25, 0.3) is 5.91 Å². The molecule has 0 unspecified atom stereocenters. The third-order valence-corrected chi connectivity index (χ3v) is 7.24. The maximum absolute atomic E-state index is 12.6. The molecule has 0 bridgehead atoms. The molecule has 1 aliphatic rings. The molecular formula is C30H26N8O. The van der Waals surface area contributed by atoms with E-state index in [4.69, 9.17) is 0 Å². The van der Waals surface area contributed by atoms with E-state index in [2.05, 4.69) is 52.5 Å². The lowest BCUT2D eigenvalue weighted by Crippen LogP contribution is -2.29. The number of piperidine rings is 1. The SMILES string of the molecule is O=C(Nc1cncc(-c2cc3c(-c4cc5c(N6CCCCC6)ccnc5[nH]4)n[nH]c3cn2)c1)c1ccccc1. The Morgan fingerprint density at radius 3 is 2.64 bits per heavy atom. The molecule has 1 fully saturated rings. The van der Waals surface area contributed by atoms with E-state index < -0.39 is 0 Å². The summed E-state index contributed by atoms with van der Waals surface area (Å²) >= 11 is 0. The molecule has 6 heterocycles. The molecule has 0 saturated carbocycles. The van der Waals surface area contributed by atoms with Crippen molar-refractivity contribution in [1.82, 2.24) is 30.1 Å². The first-order chi connectivity index (χ1) is 19.2. The van der Waals surface area contributed by atoms with Crippen LogP contribution in [0.15, 0.2) is 79.4 Å². The number of hydrogen-bond acceptors (Lipinski definition) is 6. The van der Waals surface area contributed by atoms with E-state index in [1.807, 2.05) is 36.5 Å². The van der Waals surface area contributed by atoms with Gasteiger partial charge >= 0.3 is 0 Å². The first kappa shape index (κ1) is 23.1. The molecule has 6 aromatic rings. The summed E-state index contributed by atoms with van der Waals surface area (Å²) < 4.78 is 0. The molecule has 3 N–H and O–H groups in total. The van der Waals surface area contributed by atoms with Crippen molar-refractivity contribution >= 4 is 39.2 Å². The number of aromatic nitrogens is 6. The number of hydrogen-bond donors (Lipinski definition) is 3. The number of anilines is 2. The van der Waals surface area contributed by atoms with E-state index in [1.54, 1.807) is 30.7 Å². The van der Waals surface area contributed by atoms with Crippen molar-refractivity contribution in [3.63, 3.8) is 0 Å². The number of nitrogens with one attached hydrogen (secondary N) is 3. The van der Waals surface area contributed by atoms with Gasteiger partial charge in [0.15, 0.2) is 0 Å². The third kappa shape index (κ3) is 4.37. The van der Waals surface area contributed by atoms with E-state index in [-0.39, 0.29) is 5.91 Å². The first-order valence-electron chi connectivity index (χ1n) is 13.1. The molecule has 0 atom stereocenters. The molecule has 192 valence electrons. The maximum atomic E-state index is 12.6. The summed E-state index contributed by atoms with van der Waals surface area (Å²) in [5.74, 6) is -0.188. The minimum absolute atomic E-state index is 0.188. The molecule has 1 saturated heterocycles. The monoisotopic (exact) mass is 514 g/mol. The van der Waals surface area contributed by atoms with Gasteiger partial charge in [0.1, 0.15) is 11.3 Å². The van der Waals surface area contributed by atoms with Crippen molar-refractivity contribution in [1.29, 1.82) is 0 Å². The zero-order chi connectivity index (χ0) is 26.2. The molecule has 1 amide bonds. The number of rotatable bonds is 5. The van der Waals surface area contributed by atoms with Crippen LogP contribution < -0.4 is 10.2 Å². The lowest BCUT2D eigenvalue weighted by molar-refractivity contribution is 0.102. The smallest absolute Gasteiger partial charge is 0.255 e. The molecule has 39 heavy (non-hydrogen) atoms. The van der Waals surface area contributed by atoms with E-state index in [9.17, 15) is 4.79 Å². The number of H-pyrrole nitrogens is 2. The van der Waals surface area contributed by atoms with Gasteiger partial charge in [0, 0.05) is 53.1 Å². The van der Waals surface area contributed by atoms with Crippen molar-refractivity contribution < 1.29 is 4.79 Å². The Labute approximate surface area is 224 Å². The molecule has 0 aliphatic carbocycles. The highest BCUT2D eigenvalue weighted by Crippen LogP contribution is 2.34. The Bertz CT molecular complexity index is 1800. The van der Waals surface area contributed by atoms with Crippen LogP contribution in [-0.4, -0.2) is 49.1 Å². The summed E-state index contributed by atoms with van der Waals surface area (Å²) in [5.41, 5.74) is 7.30. The molecule has 9 heteroatoms. The van der Waals surface area contributed by atoms with Crippen LogP contribution in [0.4, 0.5) is 11.4 Å². The zero-order valence-electron chi connectivity index (χ0n) is 21.2. The normalized spacial score (nSPS) is 13.7. The minimum Gasteiger partial charge on any atom is -0.371 e.